The van der Waals surface area contributed by atoms with Gasteiger partial charge in [-0.1, -0.05) is 18.2 Å². The van der Waals surface area contributed by atoms with Crippen LogP contribution >= 0.6 is 0 Å². The molecular weight excluding hydrogens is 311 g/mol. The first-order chi connectivity index (χ1) is 10.2. The summed E-state index contributed by atoms with van der Waals surface area (Å²) in [5.74, 6) is -5.27. The molecular formula is C14H7F5O3. The summed E-state index contributed by atoms with van der Waals surface area (Å²) < 4.78 is 68.1. The summed E-state index contributed by atoms with van der Waals surface area (Å²) in [6.07, 6.45) is -5.03. The molecule has 0 aliphatic rings. The Hall–Kier alpha value is -2.64. The van der Waals surface area contributed by atoms with E-state index in [2.05, 4.69) is 4.74 Å². The maximum Gasteiger partial charge on any atom is 0.573 e. The van der Waals surface area contributed by atoms with Crippen molar-refractivity contribution in [1.29, 1.82) is 0 Å². The Balaban J connectivity index is 2.64. The van der Waals surface area contributed by atoms with Crippen molar-refractivity contribution in [2.75, 3.05) is 0 Å². The predicted octanol–water partition coefficient (Wildman–Crippen LogP) is 4.23. The lowest BCUT2D eigenvalue weighted by atomic mass is 10.0. The minimum absolute atomic E-state index is 0.417. The largest absolute Gasteiger partial charge is 0.573 e. The van der Waals surface area contributed by atoms with Crippen molar-refractivity contribution >= 4 is 5.97 Å². The van der Waals surface area contributed by atoms with Gasteiger partial charge in [0.15, 0.2) is 11.6 Å². The van der Waals surface area contributed by atoms with Gasteiger partial charge >= 0.3 is 12.3 Å². The van der Waals surface area contributed by atoms with Crippen molar-refractivity contribution < 1.29 is 36.6 Å². The number of para-hydroxylation sites is 1. The van der Waals surface area contributed by atoms with E-state index in [1.54, 1.807) is 0 Å². The molecule has 116 valence electrons. The number of halogens is 5. The van der Waals surface area contributed by atoms with Gasteiger partial charge < -0.3 is 9.84 Å². The van der Waals surface area contributed by atoms with E-state index in [0.29, 0.717) is 6.07 Å². The van der Waals surface area contributed by atoms with Gasteiger partial charge in [-0.25, -0.2) is 13.6 Å². The van der Waals surface area contributed by atoms with E-state index in [-0.39, 0.29) is 0 Å². The van der Waals surface area contributed by atoms with Crippen LogP contribution in [0.25, 0.3) is 11.1 Å². The fraction of sp³-hybridized carbons (Fsp3) is 0.0714. The van der Waals surface area contributed by atoms with Crippen molar-refractivity contribution in [3.63, 3.8) is 0 Å². The number of hydrogen-bond acceptors (Lipinski definition) is 2. The maximum absolute atomic E-state index is 13.8. The van der Waals surface area contributed by atoms with Gasteiger partial charge in [0.25, 0.3) is 0 Å². The Labute approximate surface area is 120 Å². The lowest BCUT2D eigenvalue weighted by Gasteiger charge is -2.14. The molecule has 2 rings (SSSR count). The van der Waals surface area contributed by atoms with Gasteiger partial charge in [0.2, 0.25) is 0 Å². The molecule has 22 heavy (non-hydrogen) atoms. The van der Waals surface area contributed by atoms with Crippen LogP contribution in [0.5, 0.6) is 5.75 Å². The number of benzene rings is 2. The van der Waals surface area contributed by atoms with Gasteiger partial charge in [0.05, 0.1) is 5.56 Å². The quantitative estimate of drug-likeness (QED) is 0.862. The van der Waals surface area contributed by atoms with E-state index >= 15 is 0 Å². The number of alkyl halides is 3. The van der Waals surface area contributed by atoms with Crippen LogP contribution in [0.4, 0.5) is 22.0 Å². The van der Waals surface area contributed by atoms with E-state index in [1.807, 2.05) is 0 Å². The summed E-state index contributed by atoms with van der Waals surface area (Å²) >= 11 is 0. The van der Waals surface area contributed by atoms with E-state index in [9.17, 15) is 26.7 Å². The minimum Gasteiger partial charge on any atom is -0.478 e. The van der Waals surface area contributed by atoms with Crippen LogP contribution in [0.3, 0.4) is 0 Å². The molecule has 0 aliphatic heterocycles. The van der Waals surface area contributed by atoms with Crippen LogP contribution in [0.1, 0.15) is 10.4 Å². The molecule has 3 nitrogen and oxygen atoms in total. The smallest absolute Gasteiger partial charge is 0.478 e. The second kappa shape index (κ2) is 5.63. The maximum atomic E-state index is 13.8. The molecule has 0 spiro atoms. The zero-order valence-corrected chi connectivity index (χ0v) is 10.6. The number of hydrogen-bond donors (Lipinski definition) is 1. The number of carboxylic acids is 1. The molecule has 8 heteroatoms. The average Bonchev–Trinajstić information content (AvgIpc) is 2.40. The highest BCUT2D eigenvalue weighted by molar-refractivity contribution is 5.90. The molecule has 0 aromatic heterocycles. The number of ether oxygens (including phenoxy) is 1. The highest BCUT2D eigenvalue weighted by Gasteiger charge is 2.32. The van der Waals surface area contributed by atoms with E-state index in [4.69, 9.17) is 5.11 Å². The molecule has 1 N–H and O–H groups in total. The number of carboxylic acid groups (broad SMARTS) is 1. The molecule has 0 amide bonds. The van der Waals surface area contributed by atoms with Crippen molar-refractivity contribution in [2.45, 2.75) is 6.36 Å². The van der Waals surface area contributed by atoms with E-state index < -0.39 is 46.4 Å². The van der Waals surface area contributed by atoms with Crippen molar-refractivity contribution in [3.05, 3.63) is 53.6 Å². The molecule has 2 aromatic carbocycles. The Morgan fingerprint density at radius 3 is 2.27 bits per heavy atom. The van der Waals surface area contributed by atoms with Gasteiger partial charge in [-0.2, -0.15) is 0 Å². The number of rotatable bonds is 3. The van der Waals surface area contributed by atoms with E-state index in [0.717, 1.165) is 18.2 Å². The number of carbonyl (C=O) groups is 1. The second-order valence-corrected chi connectivity index (χ2v) is 4.17. The van der Waals surface area contributed by atoms with Crippen LogP contribution in [0.2, 0.25) is 0 Å². The molecule has 0 unspecified atom stereocenters. The van der Waals surface area contributed by atoms with Crippen LogP contribution < -0.4 is 4.74 Å². The summed E-state index contributed by atoms with van der Waals surface area (Å²) in [7, 11) is 0. The van der Waals surface area contributed by atoms with Crippen LogP contribution in [0, 0.1) is 11.6 Å². The Bertz CT molecular complexity index is 725. The zero-order chi connectivity index (χ0) is 16.5. The summed E-state index contributed by atoms with van der Waals surface area (Å²) in [5, 5.41) is 8.83. The predicted molar refractivity (Wildman–Crippen MR) is 65.4 cm³/mol. The molecule has 0 heterocycles. The molecule has 0 fully saturated rings. The van der Waals surface area contributed by atoms with Crippen molar-refractivity contribution in [3.8, 4) is 16.9 Å². The molecule has 0 aliphatic carbocycles. The first kappa shape index (κ1) is 15.7. The normalized spacial score (nSPS) is 11.3. The molecule has 0 radical (unpaired) electrons. The summed E-state index contributed by atoms with van der Waals surface area (Å²) in [6.45, 7) is 0. The molecule has 0 saturated heterocycles. The lowest BCUT2D eigenvalue weighted by Crippen LogP contribution is -2.17. The first-order valence-electron chi connectivity index (χ1n) is 5.76. The summed E-state index contributed by atoms with van der Waals surface area (Å²) in [6, 6.07) is 5.63. The van der Waals surface area contributed by atoms with Gasteiger partial charge in [-0.15, -0.1) is 13.2 Å². The van der Waals surface area contributed by atoms with Gasteiger partial charge in [0.1, 0.15) is 5.75 Å². The third kappa shape index (κ3) is 3.33. The van der Waals surface area contributed by atoms with Crippen LogP contribution in [-0.4, -0.2) is 17.4 Å². The SMILES string of the molecule is O=C(O)c1cc(F)c(F)c(-c2ccccc2OC(F)(F)F)c1. The van der Waals surface area contributed by atoms with E-state index in [1.165, 1.54) is 12.1 Å². The van der Waals surface area contributed by atoms with Crippen molar-refractivity contribution in [2.24, 2.45) is 0 Å². The molecule has 2 aromatic rings. The fourth-order valence-electron chi connectivity index (χ4n) is 1.81. The Morgan fingerprint density at radius 2 is 1.68 bits per heavy atom. The van der Waals surface area contributed by atoms with Gasteiger partial charge in [0, 0.05) is 11.1 Å². The third-order valence-electron chi connectivity index (χ3n) is 2.68. The summed E-state index contributed by atoms with van der Waals surface area (Å²) in [5.41, 5.74) is -1.66. The average molecular weight is 318 g/mol. The summed E-state index contributed by atoms with van der Waals surface area (Å²) in [4.78, 5) is 10.9. The highest BCUT2D eigenvalue weighted by atomic mass is 19.4. The third-order valence-corrected chi connectivity index (χ3v) is 2.68. The van der Waals surface area contributed by atoms with Gasteiger partial charge in [-0.05, 0) is 18.2 Å². The second-order valence-electron chi connectivity index (χ2n) is 4.17. The standard InChI is InChI=1S/C14H7F5O3/c15-10-6-7(13(20)21)5-9(12(10)16)8-3-1-2-4-11(8)22-14(17,18)19/h1-6H,(H,20,21). The molecule has 0 saturated carbocycles. The Kier molecular flexibility index (Phi) is 4.03. The highest BCUT2D eigenvalue weighted by Crippen LogP contribution is 2.36. The first-order valence-corrected chi connectivity index (χ1v) is 5.76. The van der Waals surface area contributed by atoms with Crippen molar-refractivity contribution in [1.82, 2.24) is 0 Å². The fourth-order valence-corrected chi connectivity index (χ4v) is 1.81. The zero-order valence-electron chi connectivity index (χ0n) is 10.6. The van der Waals surface area contributed by atoms with Crippen LogP contribution in [0.15, 0.2) is 36.4 Å². The van der Waals surface area contributed by atoms with Gasteiger partial charge in [-0.3, -0.25) is 0 Å². The topological polar surface area (TPSA) is 46.5 Å². The monoisotopic (exact) mass is 318 g/mol. The lowest BCUT2D eigenvalue weighted by molar-refractivity contribution is -0.274. The number of aromatic carboxylic acids is 1. The molecule has 0 atom stereocenters. The molecule has 0 bridgehead atoms. The minimum atomic E-state index is -5.03. The Morgan fingerprint density at radius 1 is 1.05 bits per heavy atom. The van der Waals surface area contributed by atoms with Crippen LogP contribution in [-0.2, 0) is 0 Å².